The number of rotatable bonds is 2. The molecule has 0 saturated heterocycles. The van der Waals surface area contributed by atoms with E-state index in [9.17, 15) is 22.4 Å². The molecule has 3 rings (SSSR count). The number of carbonyl (C=O) groups is 1. The zero-order chi connectivity index (χ0) is 17.4. The second-order valence-electron chi connectivity index (χ2n) is 4.48. The molecule has 0 N–H and O–H groups in total. The number of fused-ring (bicyclic) bond motifs is 1. The zero-order valence-corrected chi connectivity index (χ0v) is 12.7. The van der Waals surface area contributed by atoms with Crippen molar-refractivity contribution in [3.05, 3.63) is 58.3 Å². The van der Waals surface area contributed by atoms with Crippen molar-refractivity contribution >= 4 is 23.5 Å². The molecule has 9 heteroatoms. The van der Waals surface area contributed by atoms with Gasteiger partial charge in [0.15, 0.2) is 23.1 Å². The van der Waals surface area contributed by atoms with Crippen LogP contribution < -0.4 is 4.74 Å². The Bertz CT molecular complexity index is 871. The Labute approximate surface area is 137 Å². The Morgan fingerprint density at radius 2 is 1.83 bits per heavy atom. The fourth-order valence-corrected chi connectivity index (χ4v) is 2.98. The average molecular weight is 357 g/mol. The minimum absolute atomic E-state index is 0.112. The second-order valence-corrected chi connectivity index (χ2v) is 5.50. The van der Waals surface area contributed by atoms with Crippen LogP contribution in [0.15, 0.2) is 34.2 Å². The van der Waals surface area contributed by atoms with E-state index in [1.54, 1.807) is 12.1 Å². The van der Waals surface area contributed by atoms with E-state index in [0.717, 1.165) is 7.11 Å². The number of methoxy groups -OCH3 is 1. The molecule has 0 radical (unpaired) electrons. The molecule has 24 heavy (non-hydrogen) atoms. The Morgan fingerprint density at radius 3 is 2.46 bits per heavy atom. The number of hydrogen-bond donors (Lipinski definition) is 0. The molecule has 124 valence electrons. The van der Waals surface area contributed by atoms with E-state index < -0.39 is 39.9 Å². The molecule has 1 aliphatic rings. The number of esters is 1. The summed E-state index contributed by atoms with van der Waals surface area (Å²) in [5.74, 6) is -9.38. The van der Waals surface area contributed by atoms with Crippen molar-refractivity contribution in [1.82, 2.24) is 4.98 Å². The van der Waals surface area contributed by atoms with Crippen LogP contribution in [0.2, 0.25) is 0 Å². The minimum atomic E-state index is -2.01. The van der Waals surface area contributed by atoms with Gasteiger partial charge in [-0.15, -0.1) is 0 Å². The highest BCUT2D eigenvalue weighted by Gasteiger charge is 2.36. The van der Waals surface area contributed by atoms with Crippen LogP contribution in [-0.4, -0.2) is 18.1 Å². The first-order valence-corrected chi connectivity index (χ1v) is 7.23. The van der Waals surface area contributed by atoms with Gasteiger partial charge in [0, 0.05) is 6.20 Å². The Hall–Kier alpha value is -2.55. The van der Waals surface area contributed by atoms with Gasteiger partial charge in [-0.25, -0.2) is 18.0 Å². The van der Waals surface area contributed by atoms with Gasteiger partial charge in [-0.05, 0) is 12.1 Å². The number of pyridine rings is 1. The summed E-state index contributed by atoms with van der Waals surface area (Å²) >= 11 is 0.375. The summed E-state index contributed by atoms with van der Waals surface area (Å²) in [7, 11) is 1.07. The van der Waals surface area contributed by atoms with Gasteiger partial charge in [-0.1, -0.05) is 17.8 Å². The van der Waals surface area contributed by atoms with Crippen LogP contribution >= 0.6 is 11.8 Å². The number of nitrogens with zero attached hydrogens (tertiary/aromatic N) is 1. The molecule has 2 aromatic rings. The van der Waals surface area contributed by atoms with Gasteiger partial charge < -0.3 is 9.47 Å². The van der Waals surface area contributed by atoms with Gasteiger partial charge in [0.1, 0.15) is 10.6 Å². The van der Waals surface area contributed by atoms with Crippen LogP contribution in [0.4, 0.5) is 17.6 Å². The monoisotopic (exact) mass is 357 g/mol. The van der Waals surface area contributed by atoms with E-state index in [-0.39, 0.29) is 16.4 Å². The second kappa shape index (κ2) is 6.16. The maximum absolute atomic E-state index is 13.9. The lowest BCUT2D eigenvalue weighted by Gasteiger charge is -2.22. The number of hydrogen-bond acceptors (Lipinski definition) is 5. The summed E-state index contributed by atoms with van der Waals surface area (Å²) in [6.07, 6.45) is 1.38. The Balaban J connectivity index is 2.23. The molecule has 0 aliphatic carbocycles. The summed E-state index contributed by atoms with van der Waals surface area (Å²) in [5, 5.41) is 0. The van der Waals surface area contributed by atoms with Gasteiger partial charge in [0.2, 0.25) is 11.6 Å². The van der Waals surface area contributed by atoms with Crippen LogP contribution in [0.5, 0.6) is 5.75 Å². The van der Waals surface area contributed by atoms with E-state index >= 15 is 0 Å². The lowest BCUT2D eigenvalue weighted by atomic mass is 10.2. The molecule has 0 fully saturated rings. The fourth-order valence-electron chi connectivity index (χ4n) is 1.96. The first kappa shape index (κ1) is 16.3. The number of ether oxygens (including phenoxy) is 2. The van der Waals surface area contributed by atoms with Crippen molar-refractivity contribution in [2.75, 3.05) is 7.11 Å². The fraction of sp³-hybridized carbons (Fsp3) is 0.0667. The lowest BCUT2D eigenvalue weighted by Crippen LogP contribution is -2.16. The van der Waals surface area contributed by atoms with E-state index in [2.05, 4.69) is 9.72 Å². The van der Waals surface area contributed by atoms with Crippen molar-refractivity contribution in [3.63, 3.8) is 0 Å². The molecule has 0 amide bonds. The topological polar surface area (TPSA) is 48.4 Å². The Kier molecular flexibility index (Phi) is 4.18. The standard InChI is InChI=1S/C15H7F4NO3S/c1-22-15(21)14-11(6-4-2-3-5-20-6)23-12-9(18)7(16)8(17)10(19)13(12)24-14/h2-5H,1H3. The van der Waals surface area contributed by atoms with E-state index in [4.69, 9.17) is 4.74 Å². The summed E-state index contributed by atoms with van der Waals surface area (Å²) in [6, 6.07) is 4.59. The molecular formula is C15H7F4NO3S. The van der Waals surface area contributed by atoms with Gasteiger partial charge in [0.25, 0.3) is 0 Å². The third-order valence-electron chi connectivity index (χ3n) is 3.07. The molecule has 1 aliphatic heterocycles. The van der Waals surface area contributed by atoms with E-state index in [1.807, 2.05) is 0 Å². The molecular weight excluding hydrogens is 350 g/mol. The van der Waals surface area contributed by atoms with Crippen molar-refractivity contribution in [2.45, 2.75) is 4.90 Å². The number of thioether (sulfide) groups is 1. The largest absolute Gasteiger partial charge is 0.465 e. The summed E-state index contributed by atoms with van der Waals surface area (Å²) in [4.78, 5) is 14.9. The van der Waals surface area contributed by atoms with Crippen molar-refractivity contribution < 1.29 is 31.8 Å². The van der Waals surface area contributed by atoms with Gasteiger partial charge in [-0.2, -0.15) is 4.39 Å². The summed E-state index contributed by atoms with van der Waals surface area (Å²) in [5.41, 5.74) is 0.112. The molecule has 0 atom stereocenters. The molecule has 0 unspecified atom stereocenters. The maximum atomic E-state index is 13.9. The number of benzene rings is 1. The average Bonchev–Trinajstić information content (AvgIpc) is 2.63. The molecule has 0 spiro atoms. The molecule has 0 bridgehead atoms. The molecule has 2 heterocycles. The minimum Gasteiger partial charge on any atom is -0.465 e. The maximum Gasteiger partial charge on any atom is 0.348 e. The predicted octanol–water partition coefficient (Wildman–Crippen LogP) is 3.66. The highest BCUT2D eigenvalue weighted by Crippen LogP contribution is 2.48. The number of aromatic nitrogens is 1. The smallest absolute Gasteiger partial charge is 0.348 e. The molecule has 0 saturated carbocycles. The van der Waals surface area contributed by atoms with Gasteiger partial charge in [0.05, 0.1) is 12.0 Å². The number of carbonyl (C=O) groups excluding carboxylic acids is 1. The molecule has 1 aromatic carbocycles. The third-order valence-corrected chi connectivity index (χ3v) is 4.19. The first-order valence-electron chi connectivity index (χ1n) is 6.41. The Morgan fingerprint density at radius 1 is 1.12 bits per heavy atom. The van der Waals surface area contributed by atoms with Crippen LogP contribution in [0.25, 0.3) is 5.76 Å². The number of halogens is 4. The van der Waals surface area contributed by atoms with Crippen molar-refractivity contribution in [2.24, 2.45) is 0 Å². The van der Waals surface area contributed by atoms with E-state index in [0.29, 0.717) is 11.8 Å². The van der Waals surface area contributed by atoms with E-state index in [1.165, 1.54) is 12.3 Å². The summed E-state index contributed by atoms with van der Waals surface area (Å²) < 4.78 is 64.4. The van der Waals surface area contributed by atoms with Crippen molar-refractivity contribution in [1.29, 1.82) is 0 Å². The highest BCUT2D eigenvalue weighted by atomic mass is 32.2. The van der Waals surface area contributed by atoms with Crippen LogP contribution in [0, 0.1) is 23.3 Å². The van der Waals surface area contributed by atoms with Crippen molar-refractivity contribution in [3.8, 4) is 5.75 Å². The molecule has 4 nitrogen and oxygen atoms in total. The van der Waals surface area contributed by atoms with Gasteiger partial charge >= 0.3 is 5.97 Å². The normalized spacial score (nSPS) is 13.4. The summed E-state index contributed by atoms with van der Waals surface area (Å²) in [6.45, 7) is 0. The zero-order valence-electron chi connectivity index (χ0n) is 11.9. The third kappa shape index (κ3) is 2.50. The van der Waals surface area contributed by atoms with Crippen LogP contribution in [-0.2, 0) is 9.53 Å². The highest BCUT2D eigenvalue weighted by molar-refractivity contribution is 8.04. The quantitative estimate of drug-likeness (QED) is 0.355. The lowest BCUT2D eigenvalue weighted by molar-refractivity contribution is -0.135. The van der Waals surface area contributed by atoms with Gasteiger partial charge in [-0.3, -0.25) is 4.98 Å². The van der Waals surface area contributed by atoms with Crippen LogP contribution in [0.3, 0.4) is 0 Å². The first-order chi connectivity index (χ1) is 11.5. The molecule has 1 aromatic heterocycles. The van der Waals surface area contributed by atoms with Crippen LogP contribution in [0.1, 0.15) is 5.69 Å². The predicted molar refractivity (Wildman–Crippen MR) is 75.9 cm³/mol. The SMILES string of the molecule is COC(=O)C1=C(c2ccccn2)Oc2c(F)c(F)c(F)c(F)c2S1.